The minimum Gasteiger partial charge on any atom is -0.461 e. The number of para-hydroxylation sites is 1. The van der Waals surface area contributed by atoms with Gasteiger partial charge in [-0.3, -0.25) is 4.79 Å². The first-order valence-corrected chi connectivity index (χ1v) is 11.7. The maximum atomic E-state index is 13.1. The number of rotatable bonds is 6. The lowest BCUT2D eigenvalue weighted by Crippen LogP contribution is -2.38. The fourth-order valence-electron chi connectivity index (χ4n) is 3.72. The highest BCUT2D eigenvalue weighted by Crippen LogP contribution is 2.29. The van der Waals surface area contributed by atoms with E-state index in [-0.39, 0.29) is 11.7 Å². The Hall–Kier alpha value is -2.87. The molecule has 1 amide bonds. The fourth-order valence-corrected chi connectivity index (χ4v) is 4.69. The maximum Gasteiger partial charge on any atom is 0.256 e. The summed E-state index contributed by atoms with van der Waals surface area (Å²) in [7, 11) is -1.64. The lowest BCUT2D eigenvalue weighted by atomic mass is 10.1. The maximum absolute atomic E-state index is 13.1. The Morgan fingerprint density at radius 1 is 1.27 bits per heavy atom. The number of hydrogen-bond donors (Lipinski definition) is 0. The summed E-state index contributed by atoms with van der Waals surface area (Å²) in [6.07, 6.45) is 7.82. The lowest BCUT2D eigenvalue weighted by molar-refractivity contribution is -0.126. The monoisotopic (exact) mass is 427 g/mol. The Balaban J connectivity index is 1.56. The van der Waals surface area contributed by atoms with Gasteiger partial charge in [0.15, 0.2) is 0 Å². The molecule has 3 heterocycles. The zero-order valence-corrected chi connectivity index (χ0v) is 18.0. The molecule has 0 radical (unpaired) electrons. The Bertz CT molecular complexity index is 1170. The normalized spacial score (nSPS) is 17.5. The van der Waals surface area contributed by atoms with E-state index in [1.54, 1.807) is 35.2 Å². The summed E-state index contributed by atoms with van der Waals surface area (Å²) in [6, 6.07) is 7.90. The fraction of sp³-hybridized carbons (Fsp3) is 0.364. The highest BCUT2D eigenvalue weighted by atomic mass is 32.2. The number of amides is 1. The molecule has 0 atom stereocenters. The Kier molecular flexibility index (Phi) is 5.51. The summed E-state index contributed by atoms with van der Waals surface area (Å²) >= 11 is 0. The quantitative estimate of drug-likeness (QED) is 0.707. The number of furan rings is 1. The van der Waals surface area contributed by atoms with Gasteiger partial charge in [-0.15, -0.1) is 4.40 Å². The molecule has 0 aliphatic carbocycles. The number of benzene rings is 1. The van der Waals surface area contributed by atoms with Crippen LogP contribution in [0.5, 0.6) is 0 Å². The van der Waals surface area contributed by atoms with Crippen molar-refractivity contribution in [3.63, 3.8) is 0 Å². The van der Waals surface area contributed by atoms with Crippen LogP contribution in [0.4, 0.5) is 0 Å². The van der Waals surface area contributed by atoms with Crippen LogP contribution in [0.2, 0.25) is 0 Å². The number of amidine groups is 1. The van der Waals surface area contributed by atoms with E-state index < -0.39 is 10.0 Å². The van der Waals surface area contributed by atoms with E-state index >= 15 is 0 Å². The van der Waals surface area contributed by atoms with E-state index in [4.69, 9.17) is 4.42 Å². The number of carbonyl (C=O) groups is 1. The van der Waals surface area contributed by atoms with Crippen LogP contribution in [0.15, 0.2) is 57.0 Å². The topological polar surface area (TPSA) is 83.2 Å². The van der Waals surface area contributed by atoms with Crippen molar-refractivity contribution >= 4 is 32.7 Å². The van der Waals surface area contributed by atoms with Crippen molar-refractivity contribution in [2.45, 2.75) is 32.7 Å². The third kappa shape index (κ3) is 4.05. The average Bonchev–Trinajstić information content (AvgIpc) is 3.08. The number of carbonyl (C=O) groups excluding carboxylic acids is 1. The zero-order valence-electron chi connectivity index (χ0n) is 17.2. The minimum atomic E-state index is -3.41. The third-order valence-corrected chi connectivity index (χ3v) is 6.52. The molecule has 2 aromatic rings. The van der Waals surface area contributed by atoms with Gasteiger partial charge < -0.3 is 14.2 Å². The summed E-state index contributed by atoms with van der Waals surface area (Å²) in [6.45, 7) is 2.87. The van der Waals surface area contributed by atoms with E-state index in [2.05, 4.69) is 11.3 Å². The number of aryl methyl sites for hydroxylation is 1. The molecule has 4 rings (SSSR count). The van der Waals surface area contributed by atoms with Crippen molar-refractivity contribution in [3.05, 3.63) is 59.5 Å². The first-order valence-electron chi connectivity index (χ1n) is 10.1. The Labute approximate surface area is 176 Å². The van der Waals surface area contributed by atoms with Gasteiger partial charge in [-0.05, 0) is 24.6 Å². The summed E-state index contributed by atoms with van der Waals surface area (Å²) in [5.74, 6) is 1.09. The van der Waals surface area contributed by atoms with Crippen molar-refractivity contribution in [2.75, 3.05) is 19.3 Å². The highest BCUT2D eigenvalue weighted by Gasteiger charge is 2.26. The van der Waals surface area contributed by atoms with Crippen LogP contribution in [-0.4, -0.2) is 49.3 Å². The van der Waals surface area contributed by atoms with Gasteiger partial charge in [-0.25, -0.2) is 8.42 Å². The van der Waals surface area contributed by atoms with Gasteiger partial charge in [0, 0.05) is 43.7 Å². The molecule has 0 N–H and O–H groups in total. The molecule has 0 saturated carbocycles. The standard InChI is InChI=1S/C22H25N3O4S/c1-3-4-8-20-18(17-7-5-6-9-19(17)29-20)15-24(2)22(26)16-10-11-21-23-30(27,28)13-12-25(21)14-16/h5-7,9-11,14H,3-4,8,12-13,15H2,1-2H3. The first kappa shape index (κ1) is 20.4. The molecule has 0 unspecified atom stereocenters. The van der Waals surface area contributed by atoms with Crippen LogP contribution in [-0.2, 0) is 27.8 Å². The third-order valence-electron chi connectivity index (χ3n) is 5.35. The van der Waals surface area contributed by atoms with Gasteiger partial charge >= 0.3 is 0 Å². The zero-order chi connectivity index (χ0) is 21.3. The molecule has 8 heteroatoms. The van der Waals surface area contributed by atoms with Gasteiger partial charge in [-0.2, -0.15) is 0 Å². The van der Waals surface area contributed by atoms with Gasteiger partial charge in [0.2, 0.25) is 0 Å². The number of likely N-dealkylation sites (N-methyl/N-ethyl adjacent to an activating group) is 1. The van der Waals surface area contributed by atoms with Crippen LogP contribution in [0.1, 0.15) is 31.1 Å². The molecule has 0 fully saturated rings. The summed E-state index contributed by atoms with van der Waals surface area (Å²) in [4.78, 5) is 16.5. The van der Waals surface area contributed by atoms with E-state index in [9.17, 15) is 13.2 Å². The van der Waals surface area contributed by atoms with Crippen molar-refractivity contribution in [3.8, 4) is 0 Å². The molecule has 2 aliphatic rings. The minimum absolute atomic E-state index is 0.0556. The second-order valence-corrected chi connectivity index (χ2v) is 9.37. The summed E-state index contributed by atoms with van der Waals surface area (Å²) < 4.78 is 33.2. The molecule has 2 aliphatic heterocycles. The van der Waals surface area contributed by atoms with E-state index in [0.29, 0.717) is 24.5 Å². The average molecular weight is 428 g/mol. The molecule has 7 nitrogen and oxygen atoms in total. The van der Waals surface area contributed by atoms with Crippen molar-refractivity contribution in [1.29, 1.82) is 0 Å². The van der Waals surface area contributed by atoms with Crippen LogP contribution in [0.3, 0.4) is 0 Å². The largest absolute Gasteiger partial charge is 0.461 e. The van der Waals surface area contributed by atoms with Crippen LogP contribution in [0.25, 0.3) is 11.0 Å². The Morgan fingerprint density at radius 2 is 2.07 bits per heavy atom. The number of hydrogen-bond acceptors (Lipinski definition) is 5. The van der Waals surface area contributed by atoms with E-state index in [0.717, 1.165) is 41.6 Å². The van der Waals surface area contributed by atoms with Gasteiger partial charge in [0.05, 0.1) is 11.3 Å². The molecule has 0 saturated heterocycles. The number of nitrogens with zero attached hydrogens (tertiary/aromatic N) is 3. The molecular weight excluding hydrogens is 402 g/mol. The predicted molar refractivity (Wildman–Crippen MR) is 116 cm³/mol. The molecule has 1 aromatic carbocycles. The molecule has 158 valence electrons. The van der Waals surface area contributed by atoms with Gasteiger partial charge in [0.25, 0.3) is 15.9 Å². The molecule has 0 spiro atoms. The molecule has 30 heavy (non-hydrogen) atoms. The summed E-state index contributed by atoms with van der Waals surface area (Å²) in [5.41, 5.74) is 2.38. The smallest absolute Gasteiger partial charge is 0.256 e. The molecular formula is C22H25N3O4S. The van der Waals surface area contributed by atoms with E-state index in [1.165, 1.54) is 0 Å². The Morgan fingerprint density at radius 3 is 2.87 bits per heavy atom. The molecule has 0 bridgehead atoms. The van der Waals surface area contributed by atoms with Crippen LogP contribution < -0.4 is 0 Å². The first-order chi connectivity index (χ1) is 14.4. The highest BCUT2D eigenvalue weighted by molar-refractivity contribution is 7.90. The second-order valence-electron chi connectivity index (χ2n) is 7.61. The predicted octanol–water partition coefficient (Wildman–Crippen LogP) is 3.23. The van der Waals surface area contributed by atoms with Gasteiger partial charge in [0.1, 0.15) is 17.2 Å². The number of fused-ring (bicyclic) bond motifs is 2. The van der Waals surface area contributed by atoms with E-state index in [1.807, 2.05) is 24.3 Å². The number of unbranched alkanes of at least 4 members (excludes halogenated alkanes) is 1. The SMILES string of the molecule is CCCCc1oc2ccccc2c1CN(C)C(=O)C1=CN2CCS(=O)(=O)N=C2C=C1. The van der Waals surface area contributed by atoms with Crippen molar-refractivity contribution < 1.29 is 17.6 Å². The van der Waals surface area contributed by atoms with Crippen molar-refractivity contribution in [2.24, 2.45) is 4.40 Å². The number of sulfonamides is 1. The van der Waals surface area contributed by atoms with Crippen LogP contribution in [0, 0.1) is 0 Å². The van der Waals surface area contributed by atoms with Crippen molar-refractivity contribution in [1.82, 2.24) is 9.80 Å². The lowest BCUT2D eigenvalue weighted by Gasteiger charge is -2.28. The molecule has 1 aromatic heterocycles. The van der Waals surface area contributed by atoms with Gasteiger partial charge in [-0.1, -0.05) is 31.5 Å². The summed E-state index contributed by atoms with van der Waals surface area (Å²) in [5, 5.41) is 1.03. The van der Waals surface area contributed by atoms with Crippen LogP contribution >= 0.6 is 0 Å². The second kappa shape index (κ2) is 8.10.